The fourth-order valence-electron chi connectivity index (χ4n) is 2.57. The van der Waals surface area contributed by atoms with Crippen LogP contribution < -0.4 is 10.1 Å². The fourth-order valence-corrected chi connectivity index (χ4v) is 2.57. The summed E-state index contributed by atoms with van der Waals surface area (Å²) < 4.78 is 5.45. The molecule has 1 aliphatic rings. The quantitative estimate of drug-likeness (QED) is 0.856. The highest BCUT2D eigenvalue weighted by Crippen LogP contribution is 2.25. The molecule has 3 nitrogen and oxygen atoms in total. The number of carbonyl (C=O) groups excluding carboxylic acids is 1. The summed E-state index contributed by atoms with van der Waals surface area (Å²) in [6.07, 6.45) is 2.83. The van der Waals surface area contributed by atoms with Crippen LogP contribution in [0, 0.1) is 0 Å². The molecule has 0 aliphatic carbocycles. The van der Waals surface area contributed by atoms with Crippen molar-refractivity contribution in [1.29, 1.82) is 0 Å². The first-order valence-corrected chi connectivity index (χ1v) is 7.41. The molecule has 21 heavy (non-hydrogen) atoms. The van der Waals surface area contributed by atoms with Gasteiger partial charge in [-0.15, -0.1) is 0 Å². The zero-order valence-electron chi connectivity index (χ0n) is 12.0. The number of ether oxygens (including phenoxy) is 1. The highest BCUT2D eigenvalue weighted by atomic mass is 16.5. The van der Waals surface area contributed by atoms with Gasteiger partial charge in [-0.25, -0.2) is 0 Å². The Hall–Kier alpha value is -2.29. The molecule has 0 saturated carbocycles. The van der Waals surface area contributed by atoms with Gasteiger partial charge in [0.1, 0.15) is 5.75 Å². The predicted octanol–water partition coefficient (Wildman–Crippen LogP) is 2.98. The molecule has 2 aromatic carbocycles. The van der Waals surface area contributed by atoms with Crippen molar-refractivity contribution in [3.63, 3.8) is 0 Å². The van der Waals surface area contributed by atoms with Crippen LogP contribution in [0.1, 0.15) is 27.9 Å². The van der Waals surface area contributed by atoms with Crippen molar-refractivity contribution < 1.29 is 9.53 Å². The second-order valence-corrected chi connectivity index (χ2v) is 5.27. The number of nitrogens with one attached hydrogen (secondary N) is 1. The Kier molecular flexibility index (Phi) is 4.20. The van der Waals surface area contributed by atoms with Crippen molar-refractivity contribution in [2.24, 2.45) is 0 Å². The zero-order valence-corrected chi connectivity index (χ0v) is 12.0. The topological polar surface area (TPSA) is 38.3 Å². The summed E-state index contributed by atoms with van der Waals surface area (Å²) in [7, 11) is 0. The summed E-state index contributed by atoms with van der Waals surface area (Å²) in [5.41, 5.74) is 3.16. The molecule has 3 rings (SSSR count). The lowest BCUT2D eigenvalue weighted by atomic mass is 10.1. The van der Waals surface area contributed by atoms with Gasteiger partial charge in [0, 0.05) is 18.5 Å². The first-order valence-electron chi connectivity index (χ1n) is 7.41. The van der Waals surface area contributed by atoms with Crippen LogP contribution in [0.5, 0.6) is 5.75 Å². The van der Waals surface area contributed by atoms with Gasteiger partial charge in [0.2, 0.25) is 0 Å². The summed E-state index contributed by atoms with van der Waals surface area (Å²) in [5.74, 6) is 0.911. The third kappa shape index (κ3) is 3.43. The number of rotatable bonds is 5. The minimum absolute atomic E-state index is 0.00207. The number of amides is 1. The lowest BCUT2D eigenvalue weighted by molar-refractivity contribution is 0.0953. The van der Waals surface area contributed by atoms with Gasteiger partial charge in [0.15, 0.2) is 0 Å². The van der Waals surface area contributed by atoms with E-state index < -0.39 is 0 Å². The lowest BCUT2D eigenvalue weighted by Gasteiger charge is -2.07. The van der Waals surface area contributed by atoms with E-state index in [2.05, 4.69) is 17.4 Å². The van der Waals surface area contributed by atoms with Gasteiger partial charge < -0.3 is 10.1 Å². The van der Waals surface area contributed by atoms with E-state index in [-0.39, 0.29) is 5.91 Å². The van der Waals surface area contributed by atoms with E-state index in [1.165, 1.54) is 5.56 Å². The number of aryl methyl sites for hydroxylation is 1. The smallest absolute Gasteiger partial charge is 0.251 e. The maximum Gasteiger partial charge on any atom is 0.251 e. The predicted molar refractivity (Wildman–Crippen MR) is 82.7 cm³/mol. The van der Waals surface area contributed by atoms with E-state index in [1.807, 2.05) is 36.4 Å². The Balaban J connectivity index is 1.48. The molecule has 0 radical (unpaired) electrons. The largest absolute Gasteiger partial charge is 0.493 e. The first kappa shape index (κ1) is 13.7. The van der Waals surface area contributed by atoms with Gasteiger partial charge >= 0.3 is 0 Å². The minimum Gasteiger partial charge on any atom is -0.493 e. The van der Waals surface area contributed by atoms with Gasteiger partial charge in [-0.1, -0.05) is 30.3 Å². The normalized spacial score (nSPS) is 12.6. The van der Waals surface area contributed by atoms with E-state index >= 15 is 0 Å². The third-order valence-electron chi connectivity index (χ3n) is 3.72. The fraction of sp³-hybridized carbons (Fsp3) is 0.278. The lowest BCUT2D eigenvalue weighted by Crippen LogP contribution is -2.24. The van der Waals surface area contributed by atoms with Crippen molar-refractivity contribution in [2.45, 2.75) is 19.3 Å². The van der Waals surface area contributed by atoms with Crippen LogP contribution in [0.25, 0.3) is 0 Å². The van der Waals surface area contributed by atoms with Gasteiger partial charge in [0.05, 0.1) is 6.61 Å². The van der Waals surface area contributed by atoms with Crippen molar-refractivity contribution in [2.75, 3.05) is 13.2 Å². The Morgan fingerprint density at radius 3 is 2.86 bits per heavy atom. The molecule has 2 aromatic rings. The van der Waals surface area contributed by atoms with E-state index in [4.69, 9.17) is 4.74 Å². The number of hydrogen-bond donors (Lipinski definition) is 1. The van der Waals surface area contributed by atoms with Crippen molar-refractivity contribution >= 4 is 5.91 Å². The van der Waals surface area contributed by atoms with Crippen LogP contribution in [0.15, 0.2) is 48.5 Å². The molecule has 0 unspecified atom stereocenters. The van der Waals surface area contributed by atoms with Gasteiger partial charge in [-0.05, 0) is 42.2 Å². The molecule has 0 fully saturated rings. The van der Waals surface area contributed by atoms with Crippen LogP contribution >= 0.6 is 0 Å². The number of carbonyl (C=O) groups is 1. The maximum atomic E-state index is 12.1. The zero-order chi connectivity index (χ0) is 14.5. The molecule has 1 heterocycles. The van der Waals surface area contributed by atoms with Gasteiger partial charge in [-0.2, -0.15) is 0 Å². The summed E-state index contributed by atoms with van der Waals surface area (Å²) in [4.78, 5) is 12.1. The average molecular weight is 281 g/mol. The Bertz CT molecular complexity index is 622. The van der Waals surface area contributed by atoms with Crippen LogP contribution in [0.4, 0.5) is 0 Å². The van der Waals surface area contributed by atoms with E-state index in [0.29, 0.717) is 6.54 Å². The Morgan fingerprint density at radius 1 is 1.14 bits per heavy atom. The van der Waals surface area contributed by atoms with Crippen LogP contribution in [-0.2, 0) is 12.8 Å². The number of hydrogen-bond acceptors (Lipinski definition) is 2. The highest BCUT2D eigenvalue weighted by molar-refractivity contribution is 5.94. The minimum atomic E-state index is -0.00207. The van der Waals surface area contributed by atoms with Gasteiger partial charge in [0.25, 0.3) is 5.91 Å². The molecule has 0 saturated heterocycles. The van der Waals surface area contributed by atoms with Crippen molar-refractivity contribution in [3.05, 3.63) is 65.2 Å². The van der Waals surface area contributed by atoms with E-state index in [0.717, 1.165) is 42.7 Å². The van der Waals surface area contributed by atoms with Gasteiger partial charge in [-0.3, -0.25) is 4.79 Å². The van der Waals surface area contributed by atoms with Crippen LogP contribution in [-0.4, -0.2) is 19.1 Å². The molecule has 3 heteroatoms. The molecule has 1 aliphatic heterocycles. The molecular formula is C18H19NO2. The number of fused-ring (bicyclic) bond motifs is 1. The summed E-state index contributed by atoms with van der Waals surface area (Å²) >= 11 is 0. The molecule has 108 valence electrons. The monoisotopic (exact) mass is 281 g/mol. The Labute approximate surface area is 124 Å². The molecule has 0 bridgehead atoms. The summed E-state index contributed by atoms with van der Waals surface area (Å²) in [6.45, 7) is 1.42. The van der Waals surface area contributed by atoms with E-state index in [9.17, 15) is 4.79 Å². The third-order valence-corrected chi connectivity index (χ3v) is 3.72. The SMILES string of the molecule is O=C(NCCCc1ccccc1)c1ccc2c(c1)CCO2. The van der Waals surface area contributed by atoms with Crippen LogP contribution in [0.2, 0.25) is 0 Å². The maximum absolute atomic E-state index is 12.1. The summed E-state index contributed by atoms with van der Waals surface area (Å²) in [6, 6.07) is 16.0. The average Bonchev–Trinajstić information content (AvgIpc) is 3.00. The van der Waals surface area contributed by atoms with Crippen LogP contribution in [0.3, 0.4) is 0 Å². The Morgan fingerprint density at radius 2 is 2.00 bits per heavy atom. The first-order chi connectivity index (χ1) is 10.3. The van der Waals surface area contributed by atoms with E-state index in [1.54, 1.807) is 0 Å². The molecule has 0 atom stereocenters. The van der Waals surface area contributed by atoms with Crippen molar-refractivity contribution in [3.8, 4) is 5.75 Å². The molecule has 1 amide bonds. The molecule has 0 spiro atoms. The standard InChI is InChI=1S/C18H19NO2/c20-18(16-8-9-17-15(13-16)10-12-21-17)19-11-4-7-14-5-2-1-3-6-14/h1-3,5-6,8-9,13H,4,7,10-12H2,(H,19,20). The molecule has 1 N–H and O–H groups in total. The molecular weight excluding hydrogens is 262 g/mol. The summed E-state index contributed by atoms with van der Waals surface area (Å²) in [5, 5.41) is 2.98. The second-order valence-electron chi connectivity index (χ2n) is 5.27. The highest BCUT2D eigenvalue weighted by Gasteiger charge is 2.14. The van der Waals surface area contributed by atoms with Crippen molar-refractivity contribution in [1.82, 2.24) is 5.32 Å². The second kappa shape index (κ2) is 6.44. The molecule has 0 aromatic heterocycles. The number of benzene rings is 2.